The van der Waals surface area contributed by atoms with Gasteiger partial charge in [-0.2, -0.15) is 11.8 Å². The van der Waals surface area contributed by atoms with Gasteiger partial charge in [-0.1, -0.05) is 76.2 Å². The summed E-state index contributed by atoms with van der Waals surface area (Å²) in [5.74, 6) is -3.37. The second-order valence-electron chi connectivity index (χ2n) is 25.3. The maximum absolute atomic E-state index is 15.0. The fourth-order valence-electron chi connectivity index (χ4n) is 11.5. The lowest BCUT2D eigenvalue weighted by Crippen LogP contribution is -2.55. The van der Waals surface area contributed by atoms with Gasteiger partial charge in [-0.05, 0) is 115 Å². The molecule has 3 aliphatic heterocycles. The predicted molar refractivity (Wildman–Crippen MR) is 353 cm³/mol. The number of methoxy groups -OCH3 is 2. The number of hydrogen-bond acceptors (Lipinski definition) is 15. The SMILES string of the molecule is COc1cc(CC(=O)N2CC(=O)N[C@@H](Cc3ccccc3)CN(C(=O)CC3CC3)CC(=O)N[C@@H](CC(C)C)CN(CC(N)=O)C(=O)CCSCc3ccc(cc3)C(=O)N[C@@H](CCC(=O)O)CN(C(=O)Cc3ccc4c(c3)OCO4)CC(=O)N[C@@H](CC(C)C)C2)cc(OC)c1. The molecule has 0 radical (unpaired) electrons. The molecule has 9 amide bonds. The zero-order valence-electron chi connectivity index (χ0n) is 54.7. The number of aliphatic carboxylic acids is 1. The Balaban J connectivity index is 1.26. The molecule has 2 bridgehead atoms. The van der Waals surface area contributed by atoms with Crippen LogP contribution in [0.25, 0.3) is 0 Å². The number of hydrogen-bond donors (Lipinski definition) is 6. The Morgan fingerprint density at radius 3 is 1.76 bits per heavy atom. The Morgan fingerprint density at radius 1 is 0.628 bits per heavy atom. The summed E-state index contributed by atoms with van der Waals surface area (Å²) in [5.41, 5.74) is 8.59. The van der Waals surface area contributed by atoms with Crippen LogP contribution in [0.2, 0.25) is 0 Å². The minimum absolute atomic E-state index is 0.00891. The summed E-state index contributed by atoms with van der Waals surface area (Å²) in [6, 6.07) is 22.7. The predicted octanol–water partition coefficient (Wildman–Crippen LogP) is 4.91. The molecule has 1 saturated carbocycles. The van der Waals surface area contributed by atoms with Crippen LogP contribution >= 0.6 is 11.8 Å². The first-order valence-corrected chi connectivity index (χ1v) is 33.2. The number of primary amides is 1. The molecular formula is C69H91N9O15S. The molecule has 4 aliphatic rings. The average Bonchev–Trinajstić information content (AvgIpc) is 1.69. The van der Waals surface area contributed by atoms with Crippen molar-refractivity contribution in [2.24, 2.45) is 23.5 Å². The summed E-state index contributed by atoms with van der Waals surface area (Å²) in [6.07, 6.45) is 1.82. The molecule has 94 heavy (non-hydrogen) atoms. The monoisotopic (exact) mass is 1320 g/mol. The molecule has 0 unspecified atom stereocenters. The Morgan fingerprint density at radius 2 is 1.18 bits per heavy atom. The van der Waals surface area contributed by atoms with Crippen molar-refractivity contribution in [1.29, 1.82) is 0 Å². The Labute approximate surface area is 554 Å². The van der Waals surface area contributed by atoms with E-state index in [4.69, 9.17) is 24.7 Å². The molecule has 7 N–H and O–H groups in total. The van der Waals surface area contributed by atoms with Gasteiger partial charge in [0, 0.05) is 86.7 Å². The van der Waals surface area contributed by atoms with E-state index in [1.165, 1.54) is 45.6 Å². The molecule has 4 aromatic carbocycles. The third-order valence-corrected chi connectivity index (χ3v) is 17.2. The van der Waals surface area contributed by atoms with Crippen molar-refractivity contribution in [3.8, 4) is 23.0 Å². The number of benzene rings is 4. The van der Waals surface area contributed by atoms with E-state index in [0.717, 1.165) is 24.0 Å². The minimum Gasteiger partial charge on any atom is -0.497 e. The third kappa shape index (κ3) is 24.6. The number of fused-ring (bicyclic) bond motifs is 30. The van der Waals surface area contributed by atoms with Crippen molar-refractivity contribution in [3.05, 3.63) is 119 Å². The highest BCUT2D eigenvalue weighted by molar-refractivity contribution is 7.98. The number of ether oxygens (including phenoxy) is 4. The van der Waals surface area contributed by atoms with Crippen molar-refractivity contribution >= 4 is 70.9 Å². The minimum atomic E-state index is -1.15. The van der Waals surface area contributed by atoms with E-state index in [9.17, 15) is 53.1 Å². The molecular weight excluding hydrogens is 1230 g/mol. The Kier molecular flexibility index (Phi) is 27.8. The standard InChI is InChI=1S/C69H91N9O15S/c1-44(2)24-53-35-75(38-60(70)79)64(83)22-23-94-42-48-14-17-51(18-15-48)69(89)74-52(19-21-68(87)88)34-76(66(85)31-49-16-20-58-59(29-49)93-43-92-58)39-61(80)72-54(25-45(3)4)36-77(67(86)32-50-27-56(90-5)33-57(28-50)91-6)41-63(82)73-55(26-46-10-8-7-9-11-46)37-78(40-62(81)71-53)65(84)30-47-12-13-47/h7-11,14-18,20,27-29,33,44-45,47,52-55H,12-13,19,21-26,30-32,34-43H2,1-6H3,(H2,70,79)(H,71,81)(H,72,80)(H,73,82)(H,74,89)(H,87,88)/t52-,53-,54-,55-/m0/s1. The van der Waals surface area contributed by atoms with E-state index in [1.807, 2.05) is 58.0 Å². The molecule has 3 heterocycles. The van der Waals surface area contributed by atoms with Gasteiger partial charge in [0.25, 0.3) is 5.91 Å². The van der Waals surface area contributed by atoms with Crippen LogP contribution in [0.4, 0.5) is 0 Å². The number of carboxylic acids is 1. The van der Waals surface area contributed by atoms with Crippen LogP contribution in [0.5, 0.6) is 23.0 Å². The number of rotatable bonds is 19. The van der Waals surface area contributed by atoms with Gasteiger partial charge < -0.3 is 70.7 Å². The summed E-state index contributed by atoms with van der Waals surface area (Å²) in [5, 5.41) is 22.0. The average molecular weight is 1320 g/mol. The lowest BCUT2D eigenvalue weighted by Gasteiger charge is -2.32. The normalized spacial score (nSPS) is 19.5. The van der Waals surface area contributed by atoms with Crippen molar-refractivity contribution < 1.29 is 72.0 Å². The van der Waals surface area contributed by atoms with Gasteiger partial charge in [0.1, 0.15) is 11.5 Å². The topological polar surface area (TPSA) is 315 Å². The van der Waals surface area contributed by atoms with Crippen LogP contribution in [0, 0.1) is 17.8 Å². The molecule has 0 spiro atoms. The Bertz CT molecular complexity index is 3250. The smallest absolute Gasteiger partial charge is 0.303 e. The van der Waals surface area contributed by atoms with Gasteiger partial charge in [0.2, 0.25) is 54.1 Å². The van der Waals surface area contributed by atoms with Crippen LogP contribution in [0.3, 0.4) is 0 Å². The van der Waals surface area contributed by atoms with Gasteiger partial charge >= 0.3 is 5.97 Å². The molecule has 0 saturated heterocycles. The first kappa shape index (κ1) is 72.6. The largest absolute Gasteiger partial charge is 0.497 e. The highest BCUT2D eigenvalue weighted by atomic mass is 32.2. The van der Waals surface area contributed by atoms with Crippen LogP contribution in [-0.4, -0.2) is 187 Å². The van der Waals surface area contributed by atoms with E-state index in [-0.39, 0.29) is 113 Å². The quantitative estimate of drug-likeness (QED) is 0.0680. The highest BCUT2D eigenvalue weighted by Crippen LogP contribution is 2.34. The van der Waals surface area contributed by atoms with Crippen molar-refractivity contribution in [2.45, 2.75) is 128 Å². The van der Waals surface area contributed by atoms with E-state index in [2.05, 4.69) is 21.3 Å². The summed E-state index contributed by atoms with van der Waals surface area (Å²) in [4.78, 5) is 146. The number of carbonyl (C=O) groups excluding carboxylic acids is 9. The van der Waals surface area contributed by atoms with Crippen molar-refractivity contribution in [3.63, 3.8) is 0 Å². The molecule has 1 aliphatic carbocycles. The number of nitrogens with two attached hydrogens (primary N) is 1. The number of carbonyl (C=O) groups is 10. The molecule has 24 nitrogen and oxygen atoms in total. The number of thioether (sulfide) groups is 1. The molecule has 508 valence electrons. The molecule has 25 heteroatoms. The van der Waals surface area contributed by atoms with Gasteiger partial charge in [-0.15, -0.1) is 0 Å². The van der Waals surface area contributed by atoms with Crippen molar-refractivity contribution in [1.82, 2.24) is 40.9 Å². The number of nitrogens with one attached hydrogen (secondary N) is 4. The molecule has 1 fully saturated rings. The first-order chi connectivity index (χ1) is 45.0. The maximum atomic E-state index is 15.0. The highest BCUT2D eigenvalue weighted by Gasteiger charge is 2.33. The summed E-state index contributed by atoms with van der Waals surface area (Å²) >= 11 is 1.45. The van der Waals surface area contributed by atoms with Crippen molar-refractivity contribution in [2.75, 3.05) is 79.1 Å². The zero-order chi connectivity index (χ0) is 67.8. The molecule has 4 aromatic rings. The second kappa shape index (κ2) is 36.0. The summed E-state index contributed by atoms with van der Waals surface area (Å²) in [7, 11) is 2.95. The van der Waals surface area contributed by atoms with E-state index >= 15 is 0 Å². The molecule has 4 atom stereocenters. The molecule has 0 aromatic heterocycles. The maximum Gasteiger partial charge on any atom is 0.303 e. The molecule has 8 rings (SSSR count). The van der Waals surface area contributed by atoms with E-state index in [1.54, 1.807) is 60.7 Å². The van der Waals surface area contributed by atoms with Gasteiger partial charge in [-0.25, -0.2) is 0 Å². The third-order valence-electron chi connectivity index (χ3n) is 16.2. The van der Waals surface area contributed by atoms with Gasteiger partial charge in [0.05, 0.1) is 59.3 Å². The van der Waals surface area contributed by atoms with E-state index < -0.39 is 104 Å². The van der Waals surface area contributed by atoms with Crippen LogP contribution in [-0.2, 0) is 68.2 Å². The summed E-state index contributed by atoms with van der Waals surface area (Å²) < 4.78 is 22.1. The fourth-order valence-corrected chi connectivity index (χ4v) is 12.4. The summed E-state index contributed by atoms with van der Waals surface area (Å²) in [6.45, 7) is 5.22. The van der Waals surface area contributed by atoms with Crippen LogP contribution in [0.1, 0.15) is 112 Å². The number of amides is 9. The first-order valence-electron chi connectivity index (χ1n) is 32.1. The second-order valence-corrected chi connectivity index (χ2v) is 26.4. The zero-order valence-corrected chi connectivity index (χ0v) is 55.5. The lowest BCUT2D eigenvalue weighted by atomic mass is 10.0. The van der Waals surface area contributed by atoms with Crippen LogP contribution in [0.15, 0.2) is 91.0 Å². The van der Waals surface area contributed by atoms with Crippen LogP contribution < -0.4 is 45.9 Å². The van der Waals surface area contributed by atoms with E-state index in [0.29, 0.717) is 52.1 Å². The fraction of sp³-hybridized carbons (Fsp3) is 0.507. The lowest BCUT2D eigenvalue weighted by molar-refractivity contribution is -0.138. The Hall–Kier alpha value is -8.87. The van der Waals surface area contributed by atoms with Gasteiger partial charge in [-0.3, -0.25) is 47.9 Å². The number of nitrogens with zero attached hydrogens (tertiary/aromatic N) is 4. The number of carboxylic acid groups (broad SMARTS) is 1. The van der Waals surface area contributed by atoms with Gasteiger partial charge in [0.15, 0.2) is 11.5 Å².